The molecule has 0 radical (unpaired) electrons. The van der Waals surface area contributed by atoms with E-state index in [2.05, 4.69) is 28.1 Å². The first-order chi connectivity index (χ1) is 15.6. The minimum Gasteiger partial charge on any atom is -0.351 e. The summed E-state index contributed by atoms with van der Waals surface area (Å²) in [6.45, 7) is 0. The van der Waals surface area contributed by atoms with Crippen LogP contribution in [0.3, 0.4) is 0 Å². The summed E-state index contributed by atoms with van der Waals surface area (Å²) in [4.78, 5) is 16.0. The molecule has 5 rings (SSSR count). The topological polar surface area (TPSA) is 67.9 Å². The SMILES string of the molecule is N#CC1(C#N)[C@H](c2ccccc2Br)[C@H](C(=O)c2ccccc2)N2c3ccccc3C=C[C@@H]21. The van der Waals surface area contributed by atoms with Crippen molar-refractivity contribution in [1.82, 2.24) is 0 Å². The van der Waals surface area contributed by atoms with Crippen molar-refractivity contribution >= 4 is 33.5 Å². The number of nitriles is 2. The largest absolute Gasteiger partial charge is 0.351 e. The monoisotopic (exact) mass is 479 g/mol. The number of ketones is 1. The Bertz CT molecular complexity index is 1300. The Morgan fingerprint density at radius 2 is 1.56 bits per heavy atom. The Morgan fingerprint density at radius 3 is 2.28 bits per heavy atom. The van der Waals surface area contributed by atoms with Gasteiger partial charge in [-0.3, -0.25) is 4.79 Å². The van der Waals surface area contributed by atoms with E-state index in [1.165, 1.54) is 0 Å². The van der Waals surface area contributed by atoms with E-state index in [0.717, 1.165) is 21.3 Å². The summed E-state index contributed by atoms with van der Waals surface area (Å²) in [5, 5.41) is 20.9. The molecule has 4 nitrogen and oxygen atoms in total. The average molecular weight is 480 g/mol. The Balaban J connectivity index is 1.81. The fraction of sp³-hybridized carbons (Fsp3) is 0.148. The smallest absolute Gasteiger partial charge is 0.185 e. The van der Waals surface area contributed by atoms with Gasteiger partial charge in [0.1, 0.15) is 6.04 Å². The van der Waals surface area contributed by atoms with Gasteiger partial charge in [-0.2, -0.15) is 10.5 Å². The Morgan fingerprint density at radius 1 is 0.906 bits per heavy atom. The quantitative estimate of drug-likeness (QED) is 0.449. The van der Waals surface area contributed by atoms with E-state index in [1.807, 2.05) is 83.8 Å². The van der Waals surface area contributed by atoms with Gasteiger partial charge in [-0.15, -0.1) is 0 Å². The zero-order valence-electron chi connectivity index (χ0n) is 17.0. The molecule has 3 aromatic rings. The number of anilines is 1. The Hall–Kier alpha value is -3.67. The summed E-state index contributed by atoms with van der Waals surface area (Å²) in [6, 6.07) is 27.9. The number of nitrogens with zero attached hydrogens (tertiary/aromatic N) is 3. The van der Waals surface area contributed by atoms with Crippen LogP contribution >= 0.6 is 15.9 Å². The van der Waals surface area contributed by atoms with Crippen LogP contribution in [-0.4, -0.2) is 17.9 Å². The van der Waals surface area contributed by atoms with Crippen molar-refractivity contribution in [2.45, 2.75) is 18.0 Å². The Kier molecular flexibility index (Phi) is 4.93. The van der Waals surface area contributed by atoms with Crippen LogP contribution in [0.15, 0.2) is 89.4 Å². The first kappa shape index (κ1) is 20.2. The molecular weight excluding hydrogens is 462 g/mol. The molecule has 0 aromatic heterocycles. The van der Waals surface area contributed by atoms with Gasteiger partial charge < -0.3 is 4.90 Å². The van der Waals surface area contributed by atoms with Gasteiger partial charge in [0.25, 0.3) is 0 Å². The van der Waals surface area contributed by atoms with Gasteiger partial charge in [0.2, 0.25) is 0 Å². The first-order valence-electron chi connectivity index (χ1n) is 10.3. The molecule has 0 saturated carbocycles. The van der Waals surface area contributed by atoms with Crippen molar-refractivity contribution < 1.29 is 4.79 Å². The van der Waals surface area contributed by atoms with E-state index >= 15 is 0 Å². The van der Waals surface area contributed by atoms with Crippen molar-refractivity contribution in [3.8, 4) is 12.1 Å². The maximum Gasteiger partial charge on any atom is 0.185 e. The molecular formula is C27H18BrN3O. The van der Waals surface area contributed by atoms with E-state index < -0.39 is 23.4 Å². The van der Waals surface area contributed by atoms with Crippen LogP contribution in [-0.2, 0) is 0 Å². The predicted octanol–water partition coefficient (Wildman–Crippen LogP) is 5.73. The van der Waals surface area contributed by atoms with Crippen LogP contribution in [0.2, 0.25) is 0 Å². The first-order valence-corrected chi connectivity index (χ1v) is 11.1. The van der Waals surface area contributed by atoms with Crippen LogP contribution in [0.25, 0.3) is 6.08 Å². The lowest BCUT2D eigenvalue weighted by Gasteiger charge is -2.35. The number of carbonyl (C=O) groups is 1. The van der Waals surface area contributed by atoms with Gasteiger partial charge in [-0.25, -0.2) is 0 Å². The summed E-state index contributed by atoms with van der Waals surface area (Å²) in [6.07, 6.45) is 3.85. The van der Waals surface area contributed by atoms with Gasteiger partial charge >= 0.3 is 0 Å². The minimum absolute atomic E-state index is 0.103. The maximum atomic E-state index is 14.0. The molecule has 3 aromatic carbocycles. The van der Waals surface area contributed by atoms with Crippen molar-refractivity contribution in [2.24, 2.45) is 5.41 Å². The number of benzene rings is 3. The van der Waals surface area contributed by atoms with E-state index in [-0.39, 0.29) is 5.78 Å². The number of carbonyl (C=O) groups excluding carboxylic acids is 1. The number of hydrogen-bond acceptors (Lipinski definition) is 4. The molecule has 0 unspecified atom stereocenters. The molecule has 154 valence electrons. The predicted molar refractivity (Wildman–Crippen MR) is 127 cm³/mol. The molecule has 3 atom stereocenters. The van der Waals surface area contributed by atoms with E-state index in [1.54, 1.807) is 12.1 Å². The number of hydrogen-bond donors (Lipinski definition) is 0. The highest BCUT2D eigenvalue weighted by molar-refractivity contribution is 9.10. The third kappa shape index (κ3) is 2.83. The zero-order chi connectivity index (χ0) is 22.3. The third-order valence-corrected chi connectivity index (χ3v) is 7.20. The molecule has 0 bridgehead atoms. The fourth-order valence-electron chi connectivity index (χ4n) is 5.08. The summed E-state index contributed by atoms with van der Waals surface area (Å²) < 4.78 is 0.780. The summed E-state index contributed by atoms with van der Waals surface area (Å²) in [5.41, 5.74) is 1.73. The summed E-state index contributed by atoms with van der Waals surface area (Å²) in [7, 11) is 0. The van der Waals surface area contributed by atoms with Gasteiger partial charge in [0, 0.05) is 21.6 Å². The average Bonchev–Trinajstić information content (AvgIpc) is 3.15. The standard InChI is InChI=1S/C27H18BrN3O/c28-21-12-6-5-11-20(21)24-25(26(32)19-9-2-1-3-10-19)31-22-13-7-4-8-18(22)14-15-23(31)27(24,16-29)17-30/h1-15,23-25H/t23-,24-,25-/m1/s1. The minimum atomic E-state index is -1.44. The fourth-order valence-corrected chi connectivity index (χ4v) is 5.61. The highest BCUT2D eigenvalue weighted by Gasteiger charge is 2.63. The lowest BCUT2D eigenvalue weighted by molar-refractivity contribution is 0.0951. The lowest BCUT2D eigenvalue weighted by atomic mass is 9.69. The zero-order valence-corrected chi connectivity index (χ0v) is 18.6. The number of fused-ring (bicyclic) bond motifs is 3. The van der Waals surface area contributed by atoms with Gasteiger partial charge in [-0.1, -0.05) is 94.8 Å². The number of halogens is 1. The maximum absolute atomic E-state index is 14.0. The van der Waals surface area contributed by atoms with Crippen LogP contribution in [0.5, 0.6) is 0 Å². The second-order valence-electron chi connectivity index (χ2n) is 8.04. The molecule has 5 heteroatoms. The molecule has 2 aliphatic heterocycles. The van der Waals surface area contributed by atoms with Crippen LogP contribution < -0.4 is 4.90 Å². The van der Waals surface area contributed by atoms with E-state index in [4.69, 9.17) is 0 Å². The van der Waals surface area contributed by atoms with E-state index in [0.29, 0.717) is 5.56 Å². The lowest BCUT2D eigenvalue weighted by Crippen LogP contribution is -2.44. The molecule has 1 saturated heterocycles. The van der Waals surface area contributed by atoms with Crippen molar-refractivity contribution in [3.05, 3.63) is 106 Å². The normalized spacial score (nSPS) is 22.3. The molecule has 32 heavy (non-hydrogen) atoms. The van der Waals surface area contributed by atoms with Crippen LogP contribution in [0, 0.1) is 28.1 Å². The number of Topliss-reactive ketones (excluding diaryl/α,β-unsaturated/α-hetero) is 1. The number of para-hydroxylation sites is 1. The molecule has 1 fully saturated rings. The molecule has 0 amide bonds. The highest BCUT2D eigenvalue weighted by atomic mass is 79.9. The van der Waals surface area contributed by atoms with Crippen LogP contribution in [0.4, 0.5) is 5.69 Å². The second-order valence-corrected chi connectivity index (χ2v) is 8.89. The third-order valence-electron chi connectivity index (χ3n) is 6.48. The molecule has 0 aliphatic carbocycles. The van der Waals surface area contributed by atoms with E-state index in [9.17, 15) is 15.3 Å². The molecule has 0 spiro atoms. The van der Waals surface area contributed by atoms with Crippen molar-refractivity contribution in [3.63, 3.8) is 0 Å². The van der Waals surface area contributed by atoms with Crippen molar-refractivity contribution in [1.29, 1.82) is 10.5 Å². The van der Waals surface area contributed by atoms with Gasteiger partial charge in [0.15, 0.2) is 11.2 Å². The summed E-state index contributed by atoms with van der Waals surface area (Å²) >= 11 is 3.61. The summed E-state index contributed by atoms with van der Waals surface area (Å²) in [5.74, 6) is -0.754. The number of rotatable bonds is 3. The molecule has 2 aliphatic rings. The van der Waals surface area contributed by atoms with Gasteiger partial charge in [0.05, 0.1) is 18.2 Å². The highest BCUT2D eigenvalue weighted by Crippen LogP contribution is 2.56. The molecule has 2 heterocycles. The van der Waals surface area contributed by atoms with Gasteiger partial charge in [-0.05, 0) is 23.3 Å². The Labute approximate surface area is 195 Å². The second kappa shape index (κ2) is 7.79. The van der Waals surface area contributed by atoms with Crippen molar-refractivity contribution in [2.75, 3.05) is 4.90 Å². The van der Waals surface area contributed by atoms with Crippen LogP contribution in [0.1, 0.15) is 27.4 Å². The molecule has 0 N–H and O–H groups in total.